The lowest BCUT2D eigenvalue weighted by Crippen LogP contribution is -2.12. The molecule has 57 valence electrons. The van der Waals surface area contributed by atoms with Gasteiger partial charge in [0.1, 0.15) is 0 Å². The Hall–Kier alpha value is -0.530. The van der Waals surface area contributed by atoms with Gasteiger partial charge in [-0.15, -0.1) is 0 Å². The molecule has 2 nitrogen and oxygen atoms in total. The van der Waals surface area contributed by atoms with Crippen molar-refractivity contribution in [1.29, 1.82) is 0 Å². The Morgan fingerprint density at radius 1 is 1.50 bits per heavy atom. The molecule has 0 atom stereocenters. The monoisotopic (exact) mass is 141 g/mol. The summed E-state index contributed by atoms with van der Waals surface area (Å²) in [5, 5.41) is 0. The van der Waals surface area contributed by atoms with Crippen LogP contribution in [0, 0.1) is 5.92 Å². The van der Waals surface area contributed by atoms with Gasteiger partial charge in [0.25, 0.3) is 0 Å². The molecule has 0 aromatic heterocycles. The lowest BCUT2D eigenvalue weighted by atomic mass is 10.1. The molecule has 0 amide bonds. The average Bonchev–Trinajstić information content (AvgIpc) is 2.38. The van der Waals surface area contributed by atoms with E-state index in [4.69, 9.17) is 4.74 Å². The molecule has 10 heavy (non-hydrogen) atoms. The summed E-state index contributed by atoms with van der Waals surface area (Å²) >= 11 is 0. The van der Waals surface area contributed by atoms with Crippen molar-refractivity contribution < 1.29 is 9.53 Å². The van der Waals surface area contributed by atoms with Crippen LogP contribution in [0.5, 0.6) is 0 Å². The van der Waals surface area contributed by atoms with Gasteiger partial charge >= 0.3 is 5.97 Å². The highest BCUT2D eigenvalue weighted by Gasteiger charge is 2.24. The van der Waals surface area contributed by atoms with Crippen molar-refractivity contribution in [2.24, 2.45) is 0 Å². The SMILES string of the molecule is CCOC(=O)[C]1CCCC1. The van der Waals surface area contributed by atoms with Crippen LogP contribution in [0.25, 0.3) is 0 Å². The standard InChI is InChI=1S/C8H13O2/c1-2-10-8(9)7-5-3-4-6-7/h2-6H2,1H3. The van der Waals surface area contributed by atoms with Gasteiger partial charge < -0.3 is 4.74 Å². The second kappa shape index (κ2) is 3.59. The fourth-order valence-corrected chi connectivity index (χ4v) is 1.24. The Morgan fingerprint density at radius 3 is 2.60 bits per heavy atom. The Kier molecular flexibility index (Phi) is 2.72. The van der Waals surface area contributed by atoms with Gasteiger partial charge in [-0.3, -0.25) is 4.79 Å². The first-order valence-electron chi connectivity index (χ1n) is 3.86. The minimum Gasteiger partial charge on any atom is -0.466 e. The van der Waals surface area contributed by atoms with Crippen LogP contribution in [0.1, 0.15) is 32.6 Å². The van der Waals surface area contributed by atoms with Gasteiger partial charge in [0.2, 0.25) is 0 Å². The van der Waals surface area contributed by atoms with Gasteiger partial charge in [-0.05, 0) is 19.8 Å². The number of carbonyl (C=O) groups is 1. The van der Waals surface area contributed by atoms with E-state index in [1.165, 1.54) is 0 Å². The molecular weight excluding hydrogens is 128 g/mol. The molecule has 0 aromatic carbocycles. The molecule has 0 saturated heterocycles. The molecule has 1 saturated carbocycles. The summed E-state index contributed by atoms with van der Waals surface area (Å²) in [7, 11) is 0. The second-order valence-electron chi connectivity index (χ2n) is 2.53. The van der Waals surface area contributed by atoms with Crippen molar-refractivity contribution in [2.45, 2.75) is 32.6 Å². The summed E-state index contributed by atoms with van der Waals surface area (Å²) in [5.74, 6) is 0.918. The predicted octanol–water partition coefficient (Wildman–Crippen LogP) is 1.70. The third-order valence-corrected chi connectivity index (χ3v) is 1.77. The Bertz CT molecular complexity index is 114. The number of hydrogen-bond donors (Lipinski definition) is 0. The van der Waals surface area contributed by atoms with Crippen molar-refractivity contribution in [2.75, 3.05) is 6.61 Å². The Balaban J connectivity index is 2.25. The minimum atomic E-state index is -0.0694. The maximum atomic E-state index is 11.0. The van der Waals surface area contributed by atoms with Crippen molar-refractivity contribution in [3.8, 4) is 0 Å². The molecule has 0 N–H and O–H groups in total. The van der Waals surface area contributed by atoms with Crippen LogP contribution in [-0.4, -0.2) is 12.6 Å². The van der Waals surface area contributed by atoms with Crippen LogP contribution >= 0.6 is 0 Å². The predicted molar refractivity (Wildman–Crippen MR) is 38.3 cm³/mol. The average molecular weight is 141 g/mol. The molecule has 1 rings (SSSR count). The molecule has 0 aliphatic heterocycles. The fraction of sp³-hybridized carbons (Fsp3) is 0.750. The van der Waals surface area contributed by atoms with Crippen molar-refractivity contribution >= 4 is 5.97 Å². The number of esters is 1. The highest BCUT2D eigenvalue weighted by molar-refractivity contribution is 5.84. The van der Waals surface area contributed by atoms with Gasteiger partial charge in [0.05, 0.1) is 12.5 Å². The molecular formula is C8H13O2. The number of rotatable bonds is 2. The third kappa shape index (κ3) is 1.72. The van der Waals surface area contributed by atoms with Crippen LogP contribution in [0.15, 0.2) is 0 Å². The van der Waals surface area contributed by atoms with Crippen molar-refractivity contribution in [1.82, 2.24) is 0 Å². The van der Waals surface area contributed by atoms with Crippen LogP contribution in [0.4, 0.5) is 0 Å². The highest BCUT2D eigenvalue weighted by Crippen LogP contribution is 2.27. The van der Waals surface area contributed by atoms with Crippen molar-refractivity contribution in [3.63, 3.8) is 0 Å². The fourth-order valence-electron chi connectivity index (χ4n) is 1.24. The van der Waals surface area contributed by atoms with Crippen molar-refractivity contribution in [3.05, 3.63) is 5.92 Å². The summed E-state index contributed by atoms with van der Waals surface area (Å²) in [6.07, 6.45) is 4.24. The maximum absolute atomic E-state index is 11.0. The summed E-state index contributed by atoms with van der Waals surface area (Å²) < 4.78 is 4.85. The normalized spacial score (nSPS) is 19.3. The molecule has 0 bridgehead atoms. The molecule has 1 radical (unpaired) electrons. The van der Waals surface area contributed by atoms with E-state index >= 15 is 0 Å². The van der Waals surface area contributed by atoms with Gasteiger partial charge in [0.15, 0.2) is 0 Å². The van der Waals surface area contributed by atoms with E-state index in [9.17, 15) is 4.79 Å². The summed E-state index contributed by atoms with van der Waals surface area (Å²) in [5.41, 5.74) is 0. The number of hydrogen-bond acceptors (Lipinski definition) is 2. The quantitative estimate of drug-likeness (QED) is 0.547. The molecule has 1 aliphatic rings. The van der Waals surface area contributed by atoms with Crippen LogP contribution < -0.4 is 0 Å². The van der Waals surface area contributed by atoms with E-state index in [0.29, 0.717) is 6.61 Å². The molecule has 2 heteroatoms. The molecule has 1 aliphatic carbocycles. The molecule has 0 heterocycles. The molecule has 0 unspecified atom stereocenters. The Morgan fingerprint density at radius 2 is 2.10 bits per heavy atom. The zero-order valence-electron chi connectivity index (χ0n) is 6.35. The second-order valence-corrected chi connectivity index (χ2v) is 2.53. The largest absolute Gasteiger partial charge is 0.466 e. The zero-order valence-corrected chi connectivity index (χ0v) is 6.35. The first-order valence-corrected chi connectivity index (χ1v) is 3.86. The summed E-state index contributed by atoms with van der Waals surface area (Å²) in [4.78, 5) is 11.0. The molecule has 1 fully saturated rings. The summed E-state index contributed by atoms with van der Waals surface area (Å²) in [6.45, 7) is 2.34. The van der Waals surface area contributed by atoms with Crippen LogP contribution in [-0.2, 0) is 9.53 Å². The number of ether oxygens (including phenoxy) is 1. The van der Waals surface area contributed by atoms with E-state index in [1.807, 2.05) is 6.92 Å². The topological polar surface area (TPSA) is 26.3 Å². The van der Waals surface area contributed by atoms with Crippen LogP contribution in [0.3, 0.4) is 0 Å². The van der Waals surface area contributed by atoms with E-state index in [2.05, 4.69) is 0 Å². The molecule has 0 spiro atoms. The maximum Gasteiger partial charge on any atom is 0.313 e. The Labute approximate surface area is 61.6 Å². The van der Waals surface area contributed by atoms with Gasteiger partial charge in [-0.25, -0.2) is 0 Å². The lowest BCUT2D eigenvalue weighted by molar-refractivity contribution is -0.141. The third-order valence-electron chi connectivity index (χ3n) is 1.77. The first kappa shape index (κ1) is 7.58. The van der Waals surface area contributed by atoms with Gasteiger partial charge in [0, 0.05) is 0 Å². The summed E-state index contributed by atoms with van der Waals surface area (Å²) in [6, 6.07) is 0. The zero-order chi connectivity index (χ0) is 7.40. The van der Waals surface area contributed by atoms with E-state index < -0.39 is 0 Å². The van der Waals surface area contributed by atoms with E-state index in [0.717, 1.165) is 31.6 Å². The first-order chi connectivity index (χ1) is 4.84. The van der Waals surface area contributed by atoms with Gasteiger partial charge in [-0.2, -0.15) is 0 Å². The van der Waals surface area contributed by atoms with E-state index in [-0.39, 0.29) is 5.97 Å². The van der Waals surface area contributed by atoms with Gasteiger partial charge in [-0.1, -0.05) is 12.8 Å². The minimum absolute atomic E-state index is 0.0694. The smallest absolute Gasteiger partial charge is 0.313 e. The van der Waals surface area contributed by atoms with Crippen LogP contribution in [0.2, 0.25) is 0 Å². The molecule has 0 aromatic rings. The highest BCUT2D eigenvalue weighted by atomic mass is 16.5. The van der Waals surface area contributed by atoms with E-state index in [1.54, 1.807) is 0 Å². The number of carbonyl (C=O) groups excluding carboxylic acids is 1. The lowest BCUT2D eigenvalue weighted by Gasteiger charge is -2.05.